The van der Waals surface area contributed by atoms with Crippen molar-refractivity contribution in [2.45, 2.75) is 13.5 Å². The number of fused-ring (bicyclic) bond motifs is 1. The number of nitrogens with one attached hydrogen (secondary N) is 2. The van der Waals surface area contributed by atoms with Crippen molar-refractivity contribution in [1.29, 1.82) is 0 Å². The van der Waals surface area contributed by atoms with E-state index >= 15 is 0 Å². The third-order valence-electron chi connectivity index (χ3n) is 3.72. The molecule has 0 unspecified atom stereocenters. The molecule has 2 aromatic carbocycles. The quantitative estimate of drug-likeness (QED) is 0.573. The van der Waals surface area contributed by atoms with Gasteiger partial charge in [0.15, 0.2) is 6.61 Å². The summed E-state index contributed by atoms with van der Waals surface area (Å²) in [5.74, 6) is 1.35. The number of imidazole rings is 1. The van der Waals surface area contributed by atoms with Gasteiger partial charge in [-0.15, -0.1) is 10.2 Å². The lowest BCUT2D eigenvalue weighted by molar-refractivity contribution is 0.102. The first-order valence-corrected chi connectivity index (χ1v) is 7.94. The molecule has 0 atom stereocenters. The van der Waals surface area contributed by atoms with Crippen LogP contribution in [0.15, 0.2) is 53.2 Å². The average Bonchev–Trinajstić information content (AvgIpc) is 3.29. The molecule has 0 bridgehead atoms. The number of aromatic nitrogens is 4. The summed E-state index contributed by atoms with van der Waals surface area (Å²) in [4.78, 5) is 19.5. The molecule has 130 valence electrons. The molecule has 8 nitrogen and oxygen atoms in total. The summed E-state index contributed by atoms with van der Waals surface area (Å²) in [5.41, 5.74) is 2.85. The first-order valence-electron chi connectivity index (χ1n) is 7.94. The number of nitrogens with zero attached hydrogens (tertiary/aromatic N) is 3. The Morgan fingerprint density at radius 2 is 2.04 bits per heavy atom. The standard InChI is InChI=1S/C18H15N5O3/c1-11-22-23-17(26-11)9-25-14-5-3-13(4-6-14)21-18(24)12-2-7-15-16(8-12)20-10-19-15/h2-8,10H,9H2,1H3,(H,19,20)(H,21,24). The maximum Gasteiger partial charge on any atom is 0.255 e. The molecule has 2 aromatic heterocycles. The minimum atomic E-state index is -0.198. The zero-order valence-electron chi connectivity index (χ0n) is 13.9. The van der Waals surface area contributed by atoms with Gasteiger partial charge in [0.2, 0.25) is 5.89 Å². The fourth-order valence-corrected chi connectivity index (χ4v) is 2.46. The lowest BCUT2D eigenvalue weighted by Crippen LogP contribution is -2.11. The van der Waals surface area contributed by atoms with E-state index < -0.39 is 0 Å². The molecule has 0 radical (unpaired) electrons. The zero-order valence-corrected chi connectivity index (χ0v) is 13.9. The Balaban J connectivity index is 1.39. The van der Waals surface area contributed by atoms with Crippen LogP contribution in [-0.4, -0.2) is 26.1 Å². The molecule has 26 heavy (non-hydrogen) atoms. The Morgan fingerprint density at radius 3 is 2.81 bits per heavy atom. The van der Waals surface area contributed by atoms with E-state index in [4.69, 9.17) is 9.15 Å². The van der Waals surface area contributed by atoms with Gasteiger partial charge < -0.3 is 19.5 Å². The van der Waals surface area contributed by atoms with Crippen molar-refractivity contribution < 1.29 is 13.9 Å². The first kappa shape index (κ1) is 15.8. The van der Waals surface area contributed by atoms with Crippen molar-refractivity contribution in [2.24, 2.45) is 0 Å². The van der Waals surface area contributed by atoms with E-state index in [1.165, 1.54) is 0 Å². The molecule has 8 heteroatoms. The minimum absolute atomic E-state index is 0.191. The van der Waals surface area contributed by atoms with Crippen molar-refractivity contribution in [3.8, 4) is 5.75 Å². The van der Waals surface area contributed by atoms with Gasteiger partial charge in [-0.2, -0.15) is 0 Å². The Labute approximate surface area is 148 Å². The molecule has 2 heterocycles. The molecule has 0 aliphatic heterocycles. The molecule has 4 aromatic rings. The van der Waals surface area contributed by atoms with Crippen LogP contribution >= 0.6 is 0 Å². The number of amides is 1. The van der Waals surface area contributed by atoms with Gasteiger partial charge in [-0.25, -0.2) is 4.98 Å². The van der Waals surface area contributed by atoms with Crippen LogP contribution in [0.1, 0.15) is 22.1 Å². The number of carbonyl (C=O) groups is 1. The third-order valence-corrected chi connectivity index (χ3v) is 3.72. The van der Waals surface area contributed by atoms with Crippen LogP contribution in [0.25, 0.3) is 11.0 Å². The van der Waals surface area contributed by atoms with Crippen LogP contribution in [0.3, 0.4) is 0 Å². The van der Waals surface area contributed by atoms with Crippen molar-refractivity contribution in [1.82, 2.24) is 20.2 Å². The Hall–Kier alpha value is -3.68. The second-order valence-electron chi connectivity index (χ2n) is 5.62. The molecule has 0 spiro atoms. The Bertz CT molecular complexity index is 1050. The molecule has 4 rings (SSSR count). The van der Waals surface area contributed by atoms with Gasteiger partial charge in [-0.3, -0.25) is 4.79 Å². The molecule has 2 N–H and O–H groups in total. The lowest BCUT2D eigenvalue weighted by atomic mass is 10.2. The number of anilines is 1. The molecule has 0 aliphatic carbocycles. The van der Waals surface area contributed by atoms with E-state index in [0.717, 1.165) is 11.0 Å². The summed E-state index contributed by atoms with van der Waals surface area (Å²) in [6, 6.07) is 12.4. The van der Waals surface area contributed by atoms with Gasteiger partial charge in [-0.1, -0.05) is 0 Å². The topological polar surface area (TPSA) is 106 Å². The summed E-state index contributed by atoms with van der Waals surface area (Å²) < 4.78 is 10.8. The summed E-state index contributed by atoms with van der Waals surface area (Å²) in [5, 5.41) is 10.5. The van der Waals surface area contributed by atoms with Crippen LogP contribution < -0.4 is 10.1 Å². The number of hydrogen-bond donors (Lipinski definition) is 2. The van der Waals surface area contributed by atoms with Crippen molar-refractivity contribution >= 4 is 22.6 Å². The number of hydrogen-bond acceptors (Lipinski definition) is 6. The smallest absolute Gasteiger partial charge is 0.255 e. The van der Waals surface area contributed by atoms with Crippen molar-refractivity contribution in [2.75, 3.05) is 5.32 Å². The second kappa shape index (κ2) is 6.67. The van der Waals surface area contributed by atoms with E-state index in [0.29, 0.717) is 28.8 Å². The van der Waals surface area contributed by atoms with Gasteiger partial charge in [0.25, 0.3) is 11.8 Å². The molecule has 0 fully saturated rings. The summed E-state index contributed by atoms with van der Waals surface area (Å²) in [6.07, 6.45) is 1.60. The minimum Gasteiger partial charge on any atom is -0.484 e. The zero-order chi connectivity index (χ0) is 17.9. The molecule has 1 amide bonds. The van der Waals surface area contributed by atoms with E-state index in [1.54, 1.807) is 55.7 Å². The number of aryl methyl sites for hydroxylation is 1. The highest BCUT2D eigenvalue weighted by molar-refractivity contribution is 6.05. The number of carbonyl (C=O) groups excluding carboxylic acids is 1. The van der Waals surface area contributed by atoms with Gasteiger partial charge >= 0.3 is 0 Å². The predicted octanol–water partition coefficient (Wildman–Crippen LogP) is 3.09. The maximum atomic E-state index is 12.4. The van der Waals surface area contributed by atoms with Gasteiger partial charge in [0, 0.05) is 18.2 Å². The second-order valence-corrected chi connectivity index (χ2v) is 5.62. The molecule has 0 saturated heterocycles. The number of benzene rings is 2. The highest BCUT2D eigenvalue weighted by Gasteiger charge is 2.08. The summed E-state index contributed by atoms with van der Waals surface area (Å²) in [7, 11) is 0. The Morgan fingerprint density at radius 1 is 1.19 bits per heavy atom. The molecule has 0 saturated carbocycles. The predicted molar refractivity (Wildman–Crippen MR) is 93.9 cm³/mol. The highest BCUT2D eigenvalue weighted by atomic mass is 16.5. The largest absolute Gasteiger partial charge is 0.484 e. The normalized spacial score (nSPS) is 10.8. The van der Waals surface area contributed by atoms with Crippen LogP contribution in [0.2, 0.25) is 0 Å². The number of aromatic amines is 1. The fourth-order valence-electron chi connectivity index (χ4n) is 2.46. The van der Waals surface area contributed by atoms with Gasteiger partial charge in [0.1, 0.15) is 5.75 Å². The van der Waals surface area contributed by atoms with E-state index in [9.17, 15) is 4.79 Å². The van der Waals surface area contributed by atoms with Crippen molar-refractivity contribution in [3.63, 3.8) is 0 Å². The first-order chi connectivity index (χ1) is 12.7. The highest BCUT2D eigenvalue weighted by Crippen LogP contribution is 2.18. The van der Waals surface area contributed by atoms with E-state index in [1.807, 2.05) is 0 Å². The third kappa shape index (κ3) is 3.39. The van der Waals surface area contributed by atoms with Crippen LogP contribution in [0.4, 0.5) is 5.69 Å². The van der Waals surface area contributed by atoms with Crippen LogP contribution in [-0.2, 0) is 6.61 Å². The summed E-state index contributed by atoms with van der Waals surface area (Å²) >= 11 is 0. The van der Waals surface area contributed by atoms with Crippen LogP contribution in [0, 0.1) is 6.92 Å². The molecular weight excluding hydrogens is 334 g/mol. The Kier molecular flexibility index (Phi) is 4.06. The molecule has 0 aliphatic rings. The maximum absolute atomic E-state index is 12.4. The van der Waals surface area contributed by atoms with E-state index in [2.05, 4.69) is 25.5 Å². The van der Waals surface area contributed by atoms with Crippen molar-refractivity contribution in [3.05, 3.63) is 66.1 Å². The average molecular weight is 349 g/mol. The van der Waals surface area contributed by atoms with Gasteiger partial charge in [0.05, 0.1) is 17.4 Å². The lowest BCUT2D eigenvalue weighted by Gasteiger charge is -2.07. The number of rotatable bonds is 5. The fraction of sp³-hybridized carbons (Fsp3) is 0.111. The number of H-pyrrole nitrogens is 1. The molecular formula is C18H15N5O3. The number of ether oxygens (including phenoxy) is 1. The summed E-state index contributed by atoms with van der Waals surface area (Å²) in [6.45, 7) is 1.91. The van der Waals surface area contributed by atoms with Crippen LogP contribution in [0.5, 0.6) is 5.75 Å². The van der Waals surface area contributed by atoms with E-state index in [-0.39, 0.29) is 12.5 Å². The monoisotopic (exact) mass is 349 g/mol. The van der Waals surface area contributed by atoms with Gasteiger partial charge in [-0.05, 0) is 42.5 Å². The SMILES string of the molecule is Cc1nnc(COc2ccc(NC(=O)c3ccc4nc[nH]c4c3)cc2)o1.